The van der Waals surface area contributed by atoms with Crippen LogP contribution in [-0.4, -0.2) is 20.2 Å². The van der Waals surface area contributed by atoms with E-state index in [1.54, 1.807) is 0 Å². The van der Waals surface area contributed by atoms with E-state index in [4.69, 9.17) is 5.11 Å². The molecule has 0 radical (unpaired) electrons. The highest BCUT2D eigenvalue weighted by atomic mass is 79.9. The molecule has 4 heteroatoms. The van der Waals surface area contributed by atoms with Crippen LogP contribution in [0.5, 0.6) is 0 Å². The van der Waals surface area contributed by atoms with Gasteiger partial charge in [-0.3, -0.25) is 4.79 Å². The smallest absolute Gasteiger partial charge is 0.318 e. The summed E-state index contributed by atoms with van der Waals surface area (Å²) in [5.74, 6) is -0.770. The summed E-state index contributed by atoms with van der Waals surface area (Å²) in [6, 6.07) is 0. The third-order valence-electron chi connectivity index (χ3n) is 2.36. The molecule has 0 amide bonds. The molecule has 0 aliphatic heterocycles. The first-order chi connectivity index (χ1) is 5.56. The van der Waals surface area contributed by atoms with Crippen molar-refractivity contribution in [2.75, 3.05) is 0 Å². The van der Waals surface area contributed by atoms with E-state index in [1.807, 2.05) is 0 Å². The summed E-state index contributed by atoms with van der Waals surface area (Å²) in [5, 5.41) is 8.82. The Kier molecular flexibility index (Phi) is 3.58. The fourth-order valence-electron chi connectivity index (χ4n) is 1.61. The second-order valence-corrected chi connectivity index (χ2v) is 5.79. The SMILES string of the molecule is O=C(O)C(Br)C1(Br)CCCCC1. The van der Waals surface area contributed by atoms with Gasteiger partial charge in [0.25, 0.3) is 0 Å². The average Bonchev–Trinajstić information content (AvgIpc) is 2.04. The Morgan fingerprint density at radius 1 is 1.33 bits per heavy atom. The monoisotopic (exact) mass is 298 g/mol. The van der Waals surface area contributed by atoms with Crippen LogP contribution in [0.15, 0.2) is 0 Å². The quantitative estimate of drug-likeness (QED) is 0.796. The van der Waals surface area contributed by atoms with E-state index in [0.717, 1.165) is 25.7 Å². The van der Waals surface area contributed by atoms with Crippen molar-refractivity contribution < 1.29 is 9.90 Å². The molecule has 1 atom stereocenters. The molecule has 12 heavy (non-hydrogen) atoms. The zero-order valence-corrected chi connectivity index (χ0v) is 9.90. The number of aliphatic carboxylic acids is 1. The number of halogens is 2. The molecule has 1 N–H and O–H groups in total. The van der Waals surface area contributed by atoms with Crippen LogP contribution in [0.1, 0.15) is 32.1 Å². The molecule has 0 bridgehead atoms. The van der Waals surface area contributed by atoms with Crippen LogP contribution in [0, 0.1) is 0 Å². The molecule has 1 aliphatic carbocycles. The molecular formula is C8H12Br2O2. The van der Waals surface area contributed by atoms with Gasteiger partial charge in [-0.05, 0) is 12.8 Å². The van der Waals surface area contributed by atoms with E-state index in [0.29, 0.717) is 0 Å². The van der Waals surface area contributed by atoms with Gasteiger partial charge in [-0.2, -0.15) is 0 Å². The minimum atomic E-state index is -0.770. The first-order valence-electron chi connectivity index (χ1n) is 4.12. The van der Waals surface area contributed by atoms with Crippen molar-refractivity contribution in [1.29, 1.82) is 0 Å². The van der Waals surface area contributed by atoms with E-state index < -0.39 is 10.8 Å². The van der Waals surface area contributed by atoms with Crippen LogP contribution in [0.25, 0.3) is 0 Å². The molecule has 1 saturated carbocycles. The summed E-state index contributed by atoms with van der Waals surface area (Å²) in [6.07, 6.45) is 5.39. The molecule has 2 nitrogen and oxygen atoms in total. The van der Waals surface area contributed by atoms with Gasteiger partial charge in [-0.25, -0.2) is 0 Å². The van der Waals surface area contributed by atoms with E-state index in [9.17, 15) is 4.79 Å². The maximum absolute atomic E-state index is 10.7. The Bertz CT molecular complexity index is 176. The van der Waals surface area contributed by atoms with Crippen molar-refractivity contribution in [3.63, 3.8) is 0 Å². The number of rotatable bonds is 2. The van der Waals surface area contributed by atoms with E-state index >= 15 is 0 Å². The van der Waals surface area contributed by atoms with Gasteiger partial charge in [0.15, 0.2) is 0 Å². The molecule has 1 fully saturated rings. The lowest BCUT2D eigenvalue weighted by atomic mass is 9.87. The van der Waals surface area contributed by atoms with Crippen LogP contribution in [0.3, 0.4) is 0 Å². The van der Waals surface area contributed by atoms with Crippen LogP contribution in [0.2, 0.25) is 0 Å². The third kappa shape index (κ3) is 2.22. The number of alkyl halides is 2. The number of carbonyl (C=O) groups is 1. The Morgan fingerprint density at radius 3 is 2.25 bits per heavy atom. The number of hydrogen-bond donors (Lipinski definition) is 1. The largest absolute Gasteiger partial charge is 0.480 e. The van der Waals surface area contributed by atoms with Gasteiger partial charge in [-0.15, -0.1) is 0 Å². The highest BCUT2D eigenvalue weighted by Gasteiger charge is 2.40. The maximum atomic E-state index is 10.7. The van der Waals surface area contributed by atoms with Crippen molar-refractivity contribution in [2.24, 2.45) is 0 Å². The molecule has 0 aromatic carbocycles. The first kappa shape index (κ1) is 10.5. The van der Waals surface area contributed by atoms with Gasteiger partial charge in [0, 0.05) is 4.32 Å². The molecule has 1 rings (SSSR count). The molecule has 1 unspecified atom stereocenters. The molecule has 1 aliphatic rings. The second kappa shape index (κ2) is 4.09. The van der Waals surface area contributed by atoms with Crippen molar-refractivity contribution in [3.8, 4) is 0 Å². The molecule has 0 heterocycles. The van der Waals surface area contributed by atoms with Crippen LogP contribution in [0.4, 0.5) is 0 Å². The molecule has 0 spiro atoms. The van der Waals surface area contributed by atoms with Crippen LogP contribution < -0.4 is 0 Å². The van der Waals surface area contributed by atoms with Gasteiger partial charge in [0.1, 0.15) is 4.83 Å². The molecular weight excluding hydrogens is 288 g/mol. The standard InChI is InChI=1S/C8H12Br2O2/c9-6(7(11)12)8(10)4-2-1-3-5-8/h6H,1-5H2,(H,11,12). The fourth-order valence-corrected chi connectivity index (χ4v) is 2.83. The van der Waals surface area contributed by atoms with E-state index in [2.05, 4.69) is 31.9 Å². The topological polar surface area (TPSA) is 37.3 Å². The molecule has 70 valence electrons. The molecule has 0 aromatic heterocycles. The first-order valence-corrected chi connectivity index (χ1v) is 5.83. The minimum absolute atomic E-state index is 0.211. The van der Waals surface area contributed by atoms with Crippen LogP contribution in [-0.2, 0) is 4.79 Å². The van der Waals surface area contributed by atoms with Crippen molar-refractivity contribution in [1.82, 2.24) is 0 Å². The summed E-state index contributed by atoms with van der Waals surface area (Å²) in [7, 11) is 0. The Balaban J connectivity index is 2.62. The molecule has 0 aromatic rings. The lowest BCUT2D eigenvalue weighted by Gasteiger charge is -2.33. The second-order valence-electron chi connectivity index (χ2n) is 3.30. The minimum Gasteiger partial charge on any atom is -0.480 e. The number of carboxylic acids is 1. The van der Waals surface area contributed by atoms with E-state index in [1.165, 1.54) is 6.42 Å². The number of carboxylic acid groups (broad SMARTS) is 1. The summed E-state index contributed by atoms with van der Waals surface area (Å²) in [6.45, 7) is 0. The predicted octanol–water partition coefficient (Wildman–Crippen LogP) is 2.93. The maximum Gasteiger partial charge on any atom is 0.318 e. The van der Waals surface area contributed by atoms with Gasteiger partial charge in [0.05, 0.1) is 0 Å². The van der Waals surface area contributed by atoms with Crippen molar-refractivity contribution in [3.05, 3.63) is 0 Å². The fraction of sp³-hybridized carbons (Fsp3) is 0.875. The van der Waals surface area contributed by atoms with Gasteiger partial charge in [-0.1, -0.05) is 51.1 Å². The Labute approximate surface area is 89.0 Å². The Morgan fingerprint density at radius 2 is 1.83 bits per heavy atom. The summed E-state index contributed by atoms with van der Waals surface area (Å²) < 4.78 is -0.211. The normalized spacial score (nSPS) is 24.8. The molecule has 0 saturated heterocycles. The summed E-state index contributed by atoms with van der Waals surface area (Å²) in [5.41, 5.74) is 0. The summed E-state index contributed by atoms with van der Waals surface area (Å²) >= 11 is 6.75. The van der Waals surface area contributed by atoms with Crippen LogP contribution >= 0.6 is 31.9 Å². The zero-order valence-electron chi connectivity index (χ0n) is 6.72. The number of hydrogen-bond acceptors (Lipinski definition) is 1. The lowest BCUT2D eigenvalue weighted by molar-refractivity contribution is -0.136. The highest BCUT2D eigenvalue weighted by Crippen LogP contribution is 2.41. The highest BCUT2D eigenvalue weighted by molar-refractivity contribution is 9.12. The third-order valence-corrected chi connectivity index (χ3v) is 5.49. The predicted molar refractivity (Wildman–Crippen MR) is 55.1 cm³/mol. The summed E-state index contributed by atoms with van der Waals surface area (Å²) in [4.78, 5) is 10.3. The average molecular weight is 300 g/mol. The van der Waals surface area contributed by atoms with Crippen molar-refractivity contribution in [2.45, 2.75) is 41.3 Å². The van der Waals surface area contributed by atoms with Crippen molar-refractivity contribution >= 4 is 37.8 Å². The zero-order chi connectivity index (χ0) is 9.19. The van der Waals surface area contributed by atoms with Gasteiger partial charge in [0.2, 0.25) is 0 Å². The van der Waals surface area contributed by atoms with Gasteiger partial charge < -0.3 is 5.11 Å². The lowest BCUT2D eigenvalue weighted by Crippen LogP contribution is -2.39. The Hall–Kier alpha value is 0.430. The van der Waals surface area contributed by atoms with Gasteiger partial charge >= 0.3 is 5.97 Å². The van der Waals surface area contributed by atoms with E-state index in [-0.39, 0.29) is 4.32 Å².